The average Bonchev–Trinajstić information content (AvgIpc) is 2.80. The predicted octanol–water partition coefficient (Wildman–Crippen LogP) is 3.04. The van der Waals surface area contributed by atoms with E-state index < -0.39 is 0 Å². The van der Waals surface area contributed by atoms with Gasteiger partial charge in [0.05, 0.1) is 5.25 Å². The number of aromatic nitrogens is 3. The van der Waals surface area contributed by atoms with Crippen molar-refractivity contribution in [1.82, 2.24) is 14.8 Å². The molecule has 0 aliphatic carbocycles. The molecule has 0 spiro atoms. The standard InChI is InChI=1S/C13H17ClN4S/c1-3-11(15)12(9-5-4-6-10(14)7-9)19-13-17-16-8-18(13)2/h4-8,11-12H,3,15H2,1-2H3. The quantitative estimate of drug-likeness (QED) is 0.862. The van der Waals surface area contributed by atoms with Crippen LogP contribution >= 0.6 is 23.4 Å². The van der Waals surface area contributed by atoms with E-state index in [-0.39, 0.29) is 11.3 Å². The molecule has 0 radical (unpaired) electrons. The van der Waals surface area contributed by atoms with Crippen LogP contribution in [0.1, 0.15) is 24.2 Å². The van der Waals surface area contributed by atoms with Crippen molar-refractivity contribution in [3.63, 3.8) is 0 Å². The zero-order chi connectivity index (χ0) is 13.8. The summed E-state index contributed by atoms with van der Waals surface area (Å²) < 4.78 is 1.89. The Bertz CT molecular complexity index is 543. The highest BCUT2D eigenvalue weighted by Gasteiger charge is 2.22. The summed E-state index contributed by atoms with van der Waals surface area (Å²) in [4.78, 5) is 0. The summed E-state index contributed by atoms with van der Waals surface area (Å²) in [7, 11) is 1.93. The number of rotatable bonds is 5. The Hall–Kier alpha value is -1.04. The minimum absolute atomic E-state index is 0.0418. The first-order chi connectivity index (χ1) is 9.11. The highest BCUT2D eigenvalue weighted by Crippen LogP contribution is 2.37. The van der Waals surface area contributed by atoms with Gasteiger partial charge in [0, 0.05) is 18.1 Å². The maximum atomic E-state index is 6.24. The Morgan fingerprint density at radius 3 is 2.84 bits per heavy atom. The summed E-state index contributed by atoms with van der Waals surface area (Å²) in [6, 6.07) is 7.87. The number of nitrogens with zero attached hydrogens (tertiary/aromatic N) is 3. The van der Waals surface area contributed by atoms with Gasteiger partial charge in [-0.3, -0.25) is 0 Å². The number of hydrogen-bond donors (Lipinski definition) is 1. The smallest absolute Gasteiger partial charge is 0.191 e. The third kappa shape index (κ3) is 3.49. The first kappa shape index (κ1) is 14.4. The summed E-state index contributed by atoms with van der Waals surface area (Å²) in [6.45, 7) is 2.08. The second-order valence-electron chi connectivity index (χ2n) is 4.39. The molecule has 0 fully saturated rings. The van der Waals surface area contributed by atoms with Crippen LogP contribution in [0.15, 0.2) is 35.7 Å². The topological polar surface area (TPSA) is 56.7 Å². The molecule has 0 amide bonds. The molecule has 0 aliphatic heterocycles. The summed E-state index contributed by atoms with van der Waals surface area (Å²) >= 11 is 7.69. The molecule has 2 unspecified atom stereocenters. The molecule has 19 heavy (non-hydrogen) atoms. The lowest BCUT2D eigenvalue weighted by Gasteiger charge is -2.22. The molecule has 1 heterocycles. The number of benzene rings is 1. The van der Waals surface area contributed by atoms with Crippen molar-refractivity contribution in [3.8, 4) is 0 Å². The molecule has 0 bridgehead atoms. The molecule has 6 heteroatoms. The van der Waals surface area contributed by atoms with Crippen molar-refractivity contribution in [2.24, 2.45) is 12.8 Å². The third-order valence-corrected chi connectivity index (χ3v) is 4.63. The predicted molar refractivity (Wildman–Crippen MR) is 79.3 cm³/mol. The van der Waals surface area contributed by atoms with Gasteiger partial charge in [-0.1, -0.05) is 42.4 Å². The average molecular weight is 297 g/mol. The summed E-state index contributed by atoms with van der Waals surface area (Å²) in [5.74, 6) is 0. The van der Waals surface area contributed by atoms with E-state index in [0.717, 1.165) is 22.2 Å². The minimum atomic E-state index is 0.0418. The molecule has 102 valence electrons. The maximum Gasteiger partial charge on any atom is 0.191 e. The fourth-order valence-electron chi connectivity index (χ4n) is 1.79. The van der Waals surface area contributed by atoms with Crippen molar-refractivity contribution >= 4 is 23.4 Å². The van der Waals surface area contributed by atoms with Gasteiger partial charge in [0.15, 0.2) is 5.16 Å². The van der Waals surface area contributed by atoms with E-state index in [1.165, 1.54) is 0 Å². The van der Waals surface area contributed by atoms with Crippen LogP contribution in [0.4, 0.5) is 0 Å². The molecule has 4 nitrogen and oxygen atoms in total. The lowest BCUT2D eigenvalue weighted by molar-refractivity contribution is 0.630. The lowest BCUT2D eigenvalue weighted by atomic mass is 10.0. The molecule has 0 saturated heterocycles. The van der Waals surface area contributed by atoms with Crippen LogP contribution < -0.4 is 5.73 Å². The van der Waals surface area contributed by atoms with Crippen LogP contribution in [0.2, 0.25) is 5.02 Å². The second-order valence-corrected chi connectivity index (χ2v) is 5.94. The van der Waals surface area contributed by atoms with Crippen molar-refractivity contribution in [3.05, 3.63) is 41.2 Å². The van der Waals surface area contributed by atoms with Crippen molar-refractivity contribution < 1.29 is 0 Å². The van der Waals surface area contributed by atoms with Crippen LogP contribution in [0.5, 0.6) is 0 Å². The molecule has 0 aliphatic rings. The van der Waals surface area contributed by atoms with Gasteiger partial charge in [-0.25, -0.2) is 0 Å². The zero-order valence-electron chi connectivity index (χ0n) is 11.0. The fourth-order valence-corrected chi connectivity index (χ4v) is 3.18. The van der Waals surface area contributed by atoms with Gasteiger partial charge in [-0.15, -0.1) is 10.2 Å². The van der Waals surface area contributed by atoms with E-state index >= 15 is 0 Å². The SMILES string of the molecule is CCC(N)C(Sc1nncn1C)c1cccc(Cl)c1. The molecule has 2 aromatic rings. The van der Waals surface area contributed by atoms with E-state index in [9.17, 15) is 0 Å². The lowest BCUT2D eigenvalue weighted by Crippen LogP contribution is -2.26. The maximum absolute atomic E-state index is 6.24. The van der Waals surface area contributed by atoms with Gasteiger partial charge in [0.2, 0.25) is 0 Å². The second kappa shape index (κ2) is 6.41. The first-order valence-corrected chi connectivity index (χ1v) is 7.39. The normalized spacial score (nSPS) is 14.3. The number of hydrogen-bond acceptors (Lipinski definition) is 4. The summed E-state index contributed by atoms with van der Waals surface area (Å²) in [5, 5.41) is 9.70. The number of thioether (sulfide) groups is 1. The Balaban J connectivity index is 2.29. The van der Waals surface area contributed by atoms with Gasteiger partial charge in [-0.05, 0) is 24.1 Å². The van der Waals surface area contributed by atoms with Crippen LogP contribution in [0.25, 0.3) is 0 Å². The Morgan fingerprint density at radius 2 is 2.26 bits per heavy atom. The van der Waals surface area contributed by atoms with Gasteiger partial charge in [0.1, 0.15) is 6.33 Å². The summed E-state index contributed by atoms with van der Waals surface area (Å²) in [6.07, 6.45) is 2.58. The van der Waals surface area contributed by atoms with E-state index in [1.807, 2.05) is 29.8 Å². The zero-order valence-corrected chi connectivity index (χ0v) is 12.5. The first-order valence-electron chi connectivity index (χ1n) is 6.13. The number of nitrogens with two attached hydrogens (primary N) is 1. The third-order valence-electron chi connectivity index (χ3n) is 2.94. The Morgan fingerprint density at radius 1 is 1.47 bits per heavy atom. The fraction of sp³-hybridized carbons (Fsp3) is 0.385. The Labute approximate surface area is 122 Å². The molecular weight excluding hydrogens is 280 g/mol. The highest BCUT2D eigenvalue weighted by atomic mass is 35.5. The van der Waals surface area contributed by atoms with E-state index in [0.29, 0.717) is 0 Å². The molecule has 1 aromatic carbocycles. The van der Waals surface area contributed by atoms with Crippen LogP contribution in [0, 0.1) is 0 Å². The molecule has 2 rings (SSSR count). The van der Waals surface area contributed by atoms with E-state index in [4.69, 9.17) is 17.3 Å². The highest BCUT2D eigenvalue weighted by molar-refractivity contribution is 7.99. The van der Waals surface area contributed by atoms with Gasteiger partial charge < -0.3 is 10.3 Å². The minimum Gasteiger partial charge on any atom is -0.326 e. The van der Waals surface area contributed by atoms with Crippen LogP contribution in [-0.2, 0) is 7.05 Å². The van der Waals surface area contributed by atoms with Crippen molar-refractivity contribution in [2.45, 2.75) is 29.8 Å². The molecule has 2 N–H and O–H groups in total. The number of halogens is 1. The largest absolute Gasteiger partial charge is 0.326 e. The number of aryl methyl sites for hydroxylation is 1. The molecule has 1 aromatic heterocycles. The van der Waals surface area contributed by atoms with Gasteiger partial charge >= 0.3 is 0 Å². The Kier molecular flexibility index (Phi) is 4.85. The van der Waals surface area contributed by atoms with Crippen molar-refractivity contribution in [2.75, 3.05) is 0 Å². The monoisotopic (exact) mass is 296 g/mol. The van der Waals surface area contributed by atoms with Crippen molar-refractivity contribution in [1.29, 1.82) is 0 Å². The van der Waals surface area contributed by atoms with Gasteiger partial charge in [-0.2, -0.15) is 0 Å². The van der Waals surface area contributed by atoms with Crippen LogP contribution in [-0.4, -0.2) is 20.8 Å². The molecular formula is C13H17ClN4S. The van der Waals surface area contributed by atoms with Gasteiger partial charge in [0.25, 0.3) is 0 Å². The van der Waals surface area contributed by atoms with E-state index in [2.05, 4.69) is 23.2 Å². The van der Waals surface area contributed by atoms with Crippen LogP contribution in [0.3, 0.4) is 0 Å². The molecule has 0 saturated carbocycles. The van der Waals surface area contributed by atoms with E-state index in [1.54, 1.807) is 18.1 Å². The summed E-state index contributed by atoms with van der Waals surface area (Å²) in [5.41, 5.74) is 7.36. The molecule has 2 atom stereocenters.